The molecule has 0 radical (unpaired) electrons. The molecule has 0 N–H and O–H groups in total. The first-order chi connectivity index (χ1) is 12.1. The van der Waals surface area contributed by atoms with Gasteiger partial charge < -0.3 is 9.30 Å². The molecule has 0 spiro atoms. The summed E-state index contributed by atoms with van der Waals surface area (Å²) in [6.07, 6.45) is 15.2. The fourth-order valence-electron chi connectivity index (χ4n) is 3.51. The van der Waals surface area contributed by atoms with Crippen molar-refractivity contribution in [3.05, 3.63) is 23.0 Å². The van der Waals surface area contributed by atoms with Crippen molar-refractivity contribution in [2.75, 3.05) is 6.61 Å². The van der Waals surface area contributed by atoms with E-state index in [1.54, 1.807) is 0 Å². The molecule has 1 heterocycles. The highest BCUT2D eigenvalue weighted by atomic mass is 16.5. The number of nitrogens with zero attached hydrogens (tertiary/aromatic N) is 1. The zero-order valence-electron chi connectivity index (χ0n) is 17.0. The minimum absolute atomic E-state index is 0.128. The zero-order valence-corrected chi connectivity index (χ0v) is 17.0. The fraction of sp³-hybridized carbons (Fsp3) is 0.773. The smallest absolute Gasteiger partial charge is 0.311 e. The monoisotopic (exact) mass is 349 g/mol. The summed E-state index contributed by atoms with van der Waals surface area (Å²) in [5.41, 5.74) is 3.65. The van der Waals surface area contributed by atoms with Gasteiger partial charge in [-0.05, 0) is 38.3 Å². The molecule has 0 bridgehead atoms. The van der Waals surface area contributed by atoms with Gasteiger partial charge in [0.25, 0.3) is 0 Å². The Labute approximate surface area is 155 Å². The maximum absolute atomic E-state index is 11.7. The second kappa shape index (κ2) is 13.0. The van der Waals surface area contributed by atoms with Crippen LogP contribution in [0.2, 0.25) is 0 Å². The van der Waals surface area contributed by atoms with E-state index >= 15 is 0 Å². The molecule has 3 nitrogen and oxygen atoms in total. The van der Waals surface area contributed by atoms with Crippen LogP contribution in [0.25, 0.3) is 0 Å². The van der Waals surface area contributed by atoms with E-state index in [0.29, 0.717) is 13.0 Å². The highest BCUT2D eigenvalue weighted by molar-refractivity contribution is 5.72. The number of rotatable bonds is 14. The van der Waals surface area contributed by atoms with E-state index in [1.807, 2.05) is 6.92 Å². The van der Waals surface area contributed by atoms with E-state index in [-0.39, 0.29) is 5.97 Å². The SMILES string of the molecule is CCCCCCCCCCCCc1cc(C)c(CC(=O)OCC)n1C. The van der Waals surface area contributed by atoms with Crippen LogP contribution >= 0.6 is 0 Å². The number of aromatic nitrogens is 1. The molecule has 3 heteroatoms. The predicted molar refractivity (Wildman–Crippen MR) is 106 cm³/mol. The lowest BCUT2D eigenvalue weighted by Crippen LogP contribution is -2.12. The quantitative estimate of drug-likeness (QED) is 0.309. The standard InChI is InChI=1S/C22H39NO2/c1-5-7-8-9-10-11-12-13-14-15-16-20-17-19(3)21(23(20)4)18-22(24)25-6-2/h17H,5-16,18H2,1-4H3. The highest BCUT2D eigenvalue weighted by Crippen LogP contribution is 2.18. The van der Waals surface area contributed by atoms with Crippen LogP contribution in [-0.2, 0) is 29.4 Å². The molecule has 1 aromatic heterocycles. The van der Waals surface area contributed by atoms with Gasteiger partial charge in [0.2, 0.25) is 0 Å². The molecular weight excluding hydrogens is 310 g/mol. The van der Waals surface area contributed by atoms with Crippen LogP contribution in [0.4, 0.5) is 0 Å². The normalized spacial score (nSPS) is 11.0. The third-order valence-electron chi connectivity index (χ3n) is 5.08. The highest BCUT2D eigenvalue weighted by Gasteiger charge is 2.13. The summed E-state index contributed by atoms with van der Waals surface area (Å²) >= 11 is 0. The topological polar surface area (TPSA) is 31.2 Å². The van der Waals surface area contributed by atoms with Gasteiger partial charge in [-0.2, -0.15) is 0 Å². The van der Waals surface area contributed by atoms with Crippen molar-refractivity contribution in [2.24, 2.45) is 7.05 Å². The summed E-state index contributed by atoms with van der Waals surface area (Å²) < 4.78 is 7.27. The summed E-state index contributed by atoms with van der Waals surface area (Å²) in [6.45, 7) is 6.67. The van der Waals surface area contributed by atoms with Gasteiger partial charge in [-0.25, -0.2) is 0 Å². The lowest BCUT2D eigenvalue weighted by molar-refractivity contribution is -0.142. The van der Waals surface area contributed by atoms with Gasteiger partial charge in [-0.3, -0.25) is 4.79 Å². The molecule has 0 aliphatic carbocycles. The summed E-state index contributed by atoms with van der Waals surface area (Å²) in [6, 6.07) is 2.24. The van der Waals surface area contributed by atoms with E-state index in [4.69, 9.17) is 4.74 Å². The van der Waals surface area contributed by atoms with E-state index in [1.165, 1.54) is 75.5 Å². The van der Waals surface area contributed by atoms with Crippen LogP contribution in [0.15, 0.2) is 6.07 Å². The van der Waals surface area contributed by atoms with Gasteiger partial charge in [0.05, 0.1) is 13.0 Å². The zero-order chi connectivity index (χ0) is 18.5. The van der Waals surface area contributed by atoms with Crippen LogP contribution in [0.3, 0.4) is 0 Å². The van der Waals surface area contributed by atoms with Crippen LogP contribution < -0.4 is 0 Å². The van der Waals surface area contributed by atoms with Gasteiger partial charge in [0.1, 0.15) is 0 Å². The van der Waals surface area contributed by atoms with E-state index in [2.05, 4.69) is 31.5 Å². The molecule has 1 rings (SSSR count). The van der Waals surface area contributed by atoms with Gasteiger partial charge in [-0.15, -0.1) is 0 Å². The molecule has 0 aliphatic heterocycles. The summed E-state index contributed by atoms with van der Waals surface area (Å²) in [5.74, 6) is -0.128. The molecule has 25 heavy (non-hydrogen) atoms. The first-order valence-corrected chi connectivity index (χ1v) is 10.4. The van der Waals surface area contributed by atoms with Crippen LogP contribution in [0, 0.1) is 6.92 Å². The number of ether oxygens (including phenoxy) is 1. The maximum Gasteiger partial charge on any atom is 0.311 e. The summed E-state index contributed by atoms with van der Waals surface area (Å²) in [7, 11) is 2.08. The third kappa shape index (κ3) is 8.60. The van der Waals surface area contributed by atoms with Crippen molar-refractivity contribution in [3.8, 4) is 0 Å². The Hall–Kier alpha value is -1.25. The Balaban J connectivity index is 2.22. The first-order valence-electron chi connectivity index (χ1n) is 10.4. The molecule has 0 amide bonds. The largest absolute Gasteiger partial charge is 0.466 e. The van der Waals surface area contributed by atoms with Crippen molar-refractivity contribution in [1.29, 1.82) is 0 Å². The Morgan fingerprint density at radius 2 is 1.52 bits per heavy atom. The van der Waals surface area contributed by atoms with Crippen molar-refractivity contribution in [1.82, 2.24) is 4.57 Å². The van der Waals surface area contributed by atoms with Gasteiger partial charge in [0, 0.05) is 18.4 Å². The number of aryl methyl sites for hydroxylation is 2. The third-order valence-corrected chi connectivity index (χ3v) is 5.08. The molecule has 1 aromatic rings. The molecule has 0 fully saturated rings. The Morgan fingerprint density at radius 1 is 0.960 bits per heavy atom. The average molecular weight is 350 g/mol. The predicted octanol–water partition coefficient (Wildman–Crippen LogP) is 5.90. The van der Waals surface area contributed by atoms with Crippen molar-refractivity contribution in [3.63, 3.8) is 0 Å². The number of carbonyl (C=O) groups excluding carboxylic acids is 1. The molecule has 0 aromatic carbocycles. The number of unbranched alkanes of at least 4 members (excludes halogenated alkanes) is 9. The van der Waals surface area contributed by atoms with Crippen LogP contribution in [0.5, 0.6) is 0 Å². The van der Waals surface area contributed by atoms with E-state index < -0.39 is 0 Å². The molecule has 144 valence electrons. The Kier molecular flexibility index (Phi) is 11.3. The Morgan fingerprint density at radius 3 is 2.08 bits per heavy atom. The van der Waals surface area contributed by atoms with E-state index in [0.717, 1.165) is 12.1 Å². The first kappa shape index (κ1) is 21.8. The van der Waals surface area contributed by atoms with Gasteiger partial charge in [-0.1, -0.05) is 64.7 Å². The van der Waals surface area contributed by atoms with Crippen LogP contribution in [0.1, 0.15) is 95.0 Å². The number of hydrogen-bond acceptors (Lipinski definition) is 2. The lowest BCUT2D eigenvalue weighted by atomic mass is 10.1. The lowest BCUT2D eigenvalue weighted by Gasteiger charge is -2.08. The summed E-state index contributed by atoms with van der Waals surface area (Å²) in [4.78, 5) is 11.7. The molecule has 0 aliphatic rings. The number of carbonyl (C=O) groups is 1. The molecule has 0 unspecified atom stereocenters. The van der Waals surface area contributed by atoms with Gasteiger partial charge in [0.15, 0.2) is 0 Å². The second-order valence-corrected chi connectivity index (χ2v) is 7.24. The molecule has 0 saturated carbocycles. The number of hydrogen-bond donors (Lipinski definition) is 0. The number of esters is 1. The van der Waals surface area contributed by atoms with E-state index in [9.17, 15) is 4.79 Å². The maximum atomic E-state index is 11.7. The average Bonchev–Trinajstić information content (AvgIpc) is 2.84. The minimum atomic E-state index is -0.128. The molecule has 0 atom stereocenters. The minimum Gasteiger partial charge on any atom is -0.466 e. The van der Waals surface area contributed by atoms with Crippen LogP contribution in [-0.4, -0.2) is 17.1 Å². The second-order valence-electron chi connectivity index (χ2n) is 7.24. The van der Waals surface area contributed by atoms with Gasteiger partial charge >= 0.3 is 5.97 Å². The van der Waals surface area contributed by atoms with Crippen molar-refractivity contribution in [2.45, 2.75) is 97.8 Å². The Bertz CT molecular complexity index is 490. The molecule has 0 saturated heterocycles. The summed E-state index contributed by atoms with van der Waals surface area (Å²) in [5, 5.41) is 0. The van der Waals surface area contributed by atoms with Crippen molar-refractivity contribution < 1.29 is 9.53 Å². The van der Waals surface area contributed by atoms with Crippen molar-refractivity contribution >= 4 is 5.97 Å². The molecular formula is C22H39NO2. The fourth-order valence-corrected chi connectivity index (χ4v) is 3.51.